The number of hydrogen-bond donors (Lipinski definition) is 2. The van der Waals surface area contributed by atoms with Gasteiger partial charge in [0.2, 0.25) is 10.0 Å². The van der Waals surface area contributed by atoms with E-state index in [1.165, 1.54) is 12.2 Å². The van der Waals surface area contributed by atoms with E-state index in [-0.39, 0.29) is 11.5 Å². The topological polar surface area (TPSA) is 66.4 Å². The number of aliphatic hydroxyl groups is 1. The Bertz CT molecular complexity index is 530. The third kappa shape index (κ3) is 5.98. The molecule has 0 radical (unpaired) electrons. The highest BCUT2D eigenvalue weighted by Gasteiger charge is 2.17. The molecule has 0 aliphatic rings. The van der Waals surface area contributed by atoms with Crippen molar-refractivity contribution in [2.24, 2.45) is 0 Å². The van der Waals surface area contributed by atoms with Gasteiger partial charge in [-0.3, -0.25) is 0 Å². The van der Waals surface area contributed by atoms with E-state index in [1.54, 1.807) is 25.1 Å². The third-order valence-electron chi connectivity index (χ3n) is 3.42. The predicted octanol–water partition coefficient (Wildman–Crippen LogP) is 2.69. The molecular formula is C15H25NO3S2. The highest BCUT2D eigenvalue weighted by atomic mass is 32.2. The molecule has 6 heteroatoms. The standard InChI is InChI=1S/C15H25NO3S2/c1-13-14(12-17)8-7-9-15(13)21(18,19)16-10-5-3-4-6-11-20-2/h7-9,16-17H,3-6,10-12H2,1-2H3. The summed E-state index contributed by atoms with van der Waals surface area (Å²) in [4.78, 5) is 0.261. The molecule has 0 heterocycles. The van der Waals surface area contributed by atoms with Crippen LogP contribution in [0.25, 0.3) is 0 Å². The predicted molar refractivity (Wildman–Crippen MR) is 89.1 cm³/mol. The normalized spacial score (nSPS) is 11.8. The molecule has 0 spiro atoms. The van der Waals surface area contributed by atoms with Crippen LogP contribution >= 0.6 is 11.8 Å². The number of rotatable bonds is 10. The number of thioether (sulfide) groups is 1. The van der Waals surface area contributed by atoms with Crippen LogP contribution in [0.15, 0.2) is 23.1 Å². The van der Waals surface area contributed by atoms with Gasteiger partial charge in [0.1, 0.15) is 0 Å². The molecule has 0 aliphatic heterocycles. The molecule has 120 valence electrons. The van der Waals surface area contributed by atoms with Crippen LogP contribution in [0.5, 0.6) is 0 Å². The zero-order chi connectivity index (χ0) is 15.7. The van der Waals surface area contributed by atoms with Crippen molar-refractivity contribution in [1.82, 2.24) is 4.72 Å². The second kappa shape index (κ2) is 9.46. The molecule has 21 heavy (non-hydrogen) atoms. The van der Waals surface area contributed by atoms with Crippen LogP contribution in [0.1, 0.15) is 36.8 Å². The van der Waals surface area contributed by atoms with E-state index in [1.807, 2.05) is 11.8 Å². The highest BCUT2D eigenvalue weighted by molar-refractivity contribution is 7.98. The summed E-state index contributed by atoms with van der Waals surface area (Å²) < 4.78 is 27.2. The maximum Gasteiger partial charge on any atom is 0.240 e. The lowest BCUT2D eigenvalue weighted by Crippen LogP contribution is -2.25. The summed E-state index contributed by atoms with van der Waals surface area (Å²) in [6.45, 7) is 2.04. The van der Waals surface area contributed by atoms with Crippen LogP contribution in [0.2, 0.25) is 0 Å². The second-order valence-electron chi connectivity index (χ2n) is 5.00. The summed E-state index contributed by atoms with van der Waals surface area (Å²) in [6, 6.07) is 4.98. The zero-order valence-electron chi connectivity index (χ0n) is 12.8. The summed E-state index contributed by atoms with van der Waals surface area (Å²) >= 11 is 1.84. The summed E-state index contributed by atoms with van der Waals surface area (Å²) in [5, 5.41) is 9.21. The first-order valence-corrected chi connectivity index (χ1v) is 10.1. The Labute approximate surface area is 132 Å². The van der Waals surface area contributed by atoms with Crippen LogP contribution in [0.3, 0.4) is 0 Å². The Morgan fingerprint density at radius 3 is 2.57 bits per heavy atom. The van der Waals surface area contributed by atoms with Crippen molar-refractivity contribution in [2.75, 3.05) is 18.6 Å². The Hall–Kier alpha value is -0.560. The maximum absolute atomic E-state index is 12.3. The minimum Gasteiger partial charge on any atom is -0.392 e. The van der Waals surface area contributed by atoms with E-state index in [9.17, 15) is 13.5 Å². The minimum absolute atomic E-state index is 0.148. The van der Waals surface area contributed by atoms with Crippen LogP contribution < -0.4 is 4.72 Å². The summed E-state index contributed by atoms with van der Waals surface area (Å²) in [6.07, 6.45) is 6.31. The second-order valence-corrected chi connectivity index (χ2v) is 7.72. The smallest absolute Gasteiger partial charge is 0.240 e. The number of nitrogens with one attached hydrogen (secondary N) is 1. The Kier molecular flexibility index (Phi) is 8.33. The fourth-order valence-corrected chi connectivity index (χ4v) is 3.98. The van der Waals surface area contributed by atoms with Gasteiger partial charge < -0.3 is 5.11 Å². The van der Waals surface area contributed by atoms with Gasteiger partial charge in [-0.05, 0) is 49.0 Å². The molecule has 0 unspecified atom stereocenters. The molecule has 0 saturated carbocycles. The Morgan fingerprint density at radius 1 is 1.19 bits per heavy atom. The molecule has 0 aromatic heterocycles. The molecule has 0 bridgehead atoms. The highest BCUT2D eigenvalue weighted by Crippen LogP contribution is 2.18. The Balaban J connectivity index is 2.51. The molecular weight excluding hydrogens is 306 g/mol. The van der Waals surface area contributed by atoms with Crippen molar-refractivity contribution < 1.29 is 13.5 Å². The first kappa shape index (κ1) is 18.5. The Morgan fingerprint density at radius 2 is 1.90 bits per heavy atom. The molecule has 0 saturated heterocycles. The van der Waals surface area contributed by atoms with Crippen molar-refractivity contribution in [3.05, 3.63) is 29.3 Å². The van der Waals surface area contributed by atoms with Gasteiger partial charge in [0.05, 0.1) is 11.5 Å². The number of sulfonamides is 1. The lowest BCUT2D eigenvalue weighted by atomic mass is 10.1. The van der Waals surface area contributed by atoms with Crippen LogP contribution in [-0.2, 0) is 16.6 Å². The average Bonchev–Trinajstić information content (AvgIpc) is 2.46. The van der Waals surface area contributed by atoms with Crippen molar-refractivity contribution in [3.63, 3.8) is 0 Å². The number of benzene rings is 1. The maximum atomic E-state index is 12.3. The van der Waals surface area contributed by atoms with Crippen molar-refractivity contribution in [1.29, 1.82) is 0 Å². The zero-order valence-corrected chi connectivity index (χ0v) is 14.4. The van der Waals surface area contributed by atoms with Gasteiger partial charge in [0, 0.05) is 6.54 Å². The number of aliphatic hydroxyl groups excluding tert-OH is 1. The monoisotopic (exact) mass is 331 g/mol. The number of unbranched alkanes of at least 4 members (excludes halogenated alkanes) is 3. The molecule has 0 amide bonds. The van der Waals surface area contributed by atoms with Crippen LogP contribution in [0.4, 0.5) is 0 Å². The fourth-order valence-electron chi connectivity index (χ4n) is 2.13. The van der Waals surface area contributed by atoms with Crippen molar-refractivity contribution >= 4 is 21.8 Å². The molecule has 0 atom stereocenters. The number of hydrogen-bond acceptors (Lipinski definition) is 4. The third-order valence-corrected chi connectivity index (χ3v) is 5.73. The molecule has 4 nitrogen and oxygen atoms in total. The lowest BCUT2D eigenvalue weighted by molar-refractivity contribution is 0.280. The van der Waals surface area contributed by atoms with Gasteiger partial charge >= 0.3 is 0 Å². The van der Waals surface area contributed by atoms with Gasteiger partial charge in [-0.1, -0.05) is 25.0 Å². The van der Waals surface area contributed by atoms with E-state index < -0.39 is 10.0 Å². The van der Waals surface area contributed by atoms with Gasteiger partial charge in [-0.25, -0.2) is 13.1 Å². The molecule has 1 rings (SSSR count). The summed E-state index contributed by atoms with van der Waals surface area (Å²) in [5.74, 6) is 1.17. The van der Waals surface area contributed by atoms with Crippen LogP contribution in [-0.4, -0.2) is 32.1 Å². The average molecular weight is 332 g/mol. The first-order chi connectivity index (χ1) is 10.0. The fraction of sp³-hybridized carbons (Fsp3) is 0.600. The van der Waals surface area contributed by atoms with Gasteiger partial charge in [0.15, 0.2) is 0 Å². The van der Waals surface area contributed by atoms with Gasteiger partial charge in [-0.2, -0.15) is 11.8 Å². The van der Waals surface area contributed by atoms with Gasteiger partial charge in [0.25, 0.3) is 0 Å². The van der Waals surface area contributed by atoms with Crippen molar-refractivity contribution in [3.8, 4) is 0 Å². The molecule has 1 aromatic rings. The van der Waals surface area contributed by atoms with E-state index >= 15 is 0 Å². The van der Waals surface area contributed by atoms with Crippen molar-refractivity contribution in [2.45, 2.75) is 44.1 Å². The minimum atomic E-state index is -3.49. The molecule has 0 aliphatic carbocycles. The molecule has 2 N–H and O–H groups in total. The molecule has 0 fully saturated rings. The lowest BCUT2D eigenvalue weighted by Gasteiger charge is -2.11. The van der Waals surface area contributed by atoms with Crippen LogP contribution in [0, 0.1) is 6.92 Å². The quantitative estimate of drug-likeness (QED) is 0.647. The largest absolute Gasteiger partial charge is 0.392 e. The van der Waals surface area contributed by atoms with E-state index in [4.69, 9.17) is 0 Å². The van der Waals surface area contributed by atoms with E-state index in [0.717, 1.165) is 19.3 Å². The summed E-state index contributed by atoms with van der Waals surface area (Å²) in [7, 11) is -3.49. The summed E-state index contributed by atoms with van der Waals surface area (Å²) in [5.41, 5.74) is 1.27. The van der Waals surface area contributed by atoms with Gasteiger partial charge in [-0.15, -0.1) is 0 Å². The first-order valence-electron chi connectivity index (χ1n) is 7.21. The van der Waals surface area contributed by atoms with E-state index in [0.29, 0.717) is 17.7 Å². The SMILES string of the molecule is CSCCCCCCNS(=O)(=O)c1cccc(CO)c1C. The van der Waals surface area contributed by atoms with E-state index in [2.05, 4.69) is 11.0 Å². The molecule has 1 aromatic carbocycles.